The molecule has 0 unspecified atom stereocenters. The molecule has 1 aliphatic heterocycles. The zero-order chi connectivity index (χ0) is 19.9. The molecule has 1 aliphatic rings. The Bertz CT molecular complexity index is 846. The summed E-state index contributed by atoms with van der Waals surface area (Å²) in [5.74, 6) is 0.586. The number of quaternary nitrogens is 1. The van der Waals surface area contributed by atoms with Crippen molar-refractivity contribution in [2.45, 2.75) is 13.5 Å². The van der Waals surface area contributed by atoms with Gasteiger partial charge in [-0.15, -0.1) is 0 Å². The topological polar surface area (TPSA) is 64.4 Å². The van der Waals surface area contributed by atoms with Gasteiger partial charge in [-0.3, -0.25) is 4.79 Å². The van der Waals surface area contributed by atoms with Crippen LogP contribution in [0.5, 0.6) is 5.75 Å². The van der Waals surface area contributed by atoms with Crippen LogP contribution in [0.3, 0.4) is 0 Å². The van der Waals surface area contributed by atoms with Gasteiger partial charge in [0.15, 0.2) is 0 Å². The number of methoxy groups -OCH3 is 1. The zero-order valence-electron chi connectivity index (χ0n) is 16.1. The number of hydrazone groups is 1. The number of carbonyl (C=O) groups excluding carboxylic acids is 1. The third-order valence-electron chi connectivity index (χ3n) is 4.77. The van der Waals surface area contributed by atoms with E-state index in [1.807, 2.05) is 19.1 Å². The molecule has 1 saturated heterocycles. The van der Waals surface area contributed by atoms with E-state index in [1.54, 1.807) is 31.4 Å². The monoisotopic (exact) mass is 402 g/mol. The van der Waals surface area contributed by atoms with Crippen molar-refractivity contribution in [1.82, 2.24) is 5.43 Å². The number of nitrogens with one attached hydrogen (secondary N) is 2. The van der Waals surface area contributed by atoms with E-state index in [0.717, 1.165) is 55.4 Å². The Morgan fingerprint density at radius 3 is 2.54 bits per heavy atom. The zero-order valence-corrected chi connectivity index (χ0v) is 16.9. The van der Waals surface area contributed by atoms with Crippen LogP contribution in [0.25, 0.3) is 0 Å². The molecule has 2 N–H and O–H groups in total. The molecule has 0 radical (unpaired) electrons. The molecule has 0 saturated carbocycles. The number of morpholine rings is 1. The van der Waals surface area contributed by atoms with E-state index in [1.165, 1.54) is 4.90 Å². The van der Waals surface area contributed by atoms with Crippen LogP contribution in [0.15, 0.2) is 47.6 Å². The molecule has 6 nitrogen and oxygen atoms in total. The summed E-state index contributed by atoms with van der Waals surface area (Å²) in [6.45, 7) is 6.28. The summed E-state index contributed by atoms with van der Waals surface area (Å²) in [4.78, 5) is 13.7. The molecule has 148 valence electrons. The second kappa shape index (κ2) is 9.68. The molecule has 1 heterocycles. The summed E-state index contributed by atoms with van der Waals surface area (Å²) in [6, 6.07) is 12.7. The van der Waals surface area contributed by atoms with Crippen LogP contribution < -0.4 is 15.1 Å². The molecule has 1 amide bonds. The van der Waals surface area contributed by atoms with E-state index in [0.29, 0.717) is 10.6 Å². The lowest BCUT2D eigenvalue weighted by molar-refractivity contribution is -0.921. The van der Waals surface area contributed by atoms with Crippen LogP contribution in [-0.2, 0) is 11.3 Å². The Kier molecular flexibility index (Phi) is 7.03. The van der Waals surface area contributed by atoms with Crippen LogP contribution in [0.1, 0.15) is 28.4 Å². The average molecular weight is 403 g/mol. The molecule has 28 heavy (non-hydrogen) atoms. The van der Waals surface area contributed by atoms with Gasteiger partial charge in [-0.05, 0) is 55.0 Å². The SMILES string of the molecule is COc1ccc(/C(C)=N\NC(=O)c2ccc(Cl)cc2)cc1C[NH+]1CCOCC1. The van der Waals surface area contributed by atoms with E-state index in [4.69, 9.17) is 21.1 Å². The lowest BCUT2D eigenvalue weighted by atomic mass is 10.1. The Hall–Kier alpha value is -2.41. The number of nitrogens with zero attached hydrogens (tertiary/aromatic N) is 1. The molecular formula is C21H25ClN3O3+. The first-order chi connectivity index (χ1) is 13.6. The molecule has 3 rings (SSSR count). The maximum atomic E-state index is 12.2. The normalized spacial score (nSPS) is 15.3. The fraction of sp³-hybridized carbons (Fsp3) is 0.333. The Morgan fingerprint density at radius 2 is 1.86 bits per heavy atom. The van der Waals surface area contributed by atoms with Gasteiger partial charge in [-0.2, -0.15) is 5.10 Å². The van der Waals surface area contributed by atoms with Gasteiger partial charge in [-0.1, -0.05) is 11.6 Å². The van der Waals surface area contributed by atoms with Gasteiger partial charge in [-0.25, -0.2) is 5.43 Å². The van der Waals surface area contributed by atoms with E-state index >= 15 is 0 Å². The molecule has 2 aromatic carbocycles. The van der Waals surface area contributed by atoms with Gasteiger partial charge in [0, 0.05) is 16.1 Å². The van der Waals surface area contributed by atoms with Crippen molar-refractivity contribution >= 4 is 23.2 Å². The highest BCUT2D eigenvalue weighted by atomic mass is 35.5. The highest BCUT2D eigenvalue weighted by molar-refractivity contribution is 6.30. The minimum Gasteiger partial charge on any atom is -0.496 e. The van der Waals surface area contributed by atoms with Crippen molar-refractivity contribution < 1.29 is 19.2 Å². The van der Waals surface area contributed by atoms with Gasteiger partial charge in [0.1, 0.15) is 25.4 Å². The second-order valence-corrected chi connectivity index (χ2v) is 7.15. The van der Waals surface area contributed by atoms with Gasteiger partial charge in [0.2, 0.25) is 0 Å². The predicted octanol–water partition coefficient (Wildman–Crippen LogP) is 1.92. The van der Waals surface area contributed by atoms with Crippen LogP contribution in [0.4, 0.5) is 0 Å². The number of hydrogen-bond acceptors (Lipinski definition) is 4. The molecule has 0 atom stereocenters. The molecule has 0 aliphatic carbocycles. The van der Waals surface area contributed by atoms with Crippen LogP contribution >= 0.6 is 11.6 Å². The number of hydrogen-bond donors (Lipinski definition) is 2. The average Bonchev–Trinajstić information content (AvgIpc) is 2.73. The van der Waals surface area contributed by atoms with Gasteiger partial charge < -0.3 is 14.4 Å². The van der Waals surface area contributed by atoms with Crippen LogP contribution in [0, 0.1) is 0 Å². The van der Waals surface area contributed by atoms with Crippen molar-refractivity contribution in [3.63, 3.8) is 0 Å². The summed E-state index contributed by atoms with van der Waals surface area (Å²) in [7, 11) is 1.68. The predicted molar refractivity (Wildman–Crippen MR) is 109 cm³/mol. The third-order valence-corrected chi connectivity index (χ3v) is 5.02. The minimum atomic E-state index is -0.275. The van der Waals surface area contributed by atoms with Crippen molar-refractivity contribution in [3.05, 3.63) is 64.2 Å². The summed E-state index contributed by atoms with van der Waals surface area (Å²) in [6.07, 6.45) is 0. The van der Waals surface area contributed by atoms with E-state index in [2.05, 4.69) is 16.6 Å². The van der Waals surface area contributed by atoms with E-state index in [-0.39, 0.29) is 5.91 Å². The maximum absolute atomic E-state index is 12.2. The van der Waals surface area contributed by atoms with E-state index < -0.39 is 0 Å². The lowest BCUT2D eigenvalue weighted by Crippen LogP contribution is -3.12. The fourth-order valence-corrected chi connectivity index (χ4v) is 3.24. The van der Waals surface area contributed by atoms with Crippen LogP contribution in [0.2, 0.25) is 5.02 Å². The largest absolute Gasteiger partial charge is 0.496 e. The summed E-state index contributed by atoms with van der Waals surface area (Å²) in [5.41, 5.74) is 5.90. The summed E-state index contributed by atoms with van der Waals surface area (Å²) < 4.78 is 11.0. The first-order valence-corrected chi connectivity index (χ1v) is 9.63. The standard InChI is InChI=1S/C21H24ClN3O3/c1-15(23-24-21(26)16-3-6-19(22)7-4-16)17-5-8-20(27-2)18(13-17)14-25-9-11-28-12-10-25/h3-8,13H,9-12,14H2,1-2H3,(H,24,26)/p+1/b23-15-. The molecule has 7 heteroatoms. The van der Waals surface area contributed by atoms with Crippen molar-refractivity contribution in [2.75, 3.05) is 33.4 Å². The van der Waals surface area contributed by atoms with E-state index in [9.17, 15) is 4.79 Å². The highest BCUT2D eigenvalue weighted by Crippen LogP contribution is 2.20. The smallest absolute Gasteiger partial charge is 0.271 e. The molecule has 0 aromatic heterocycles. The van der Waals surface area contributed by atoms with Crippen molar-refractivity contribution in [3.8, 4) is 5.75 Å². The number of carbonyl (C=O) groups is 1. The summed E-state index contributed by atoms with van der Waals surface area (Å²) in [5, 5.41) is 4.84. The van der Waals surface area contributed by atoms with Crippen molar-refractivity contribution in [2.24, 2.45) is 5.10 Å². The lowest BCUT2D eigenvalue weighted by Gasteiger charge is -2.24. The maximum Gasteiger partial charge on any atom is 0.271 e. The quantitative estimate of drug-likeness (QED) is 0.573. The molecule has 1 fully saturated rings. The Labute approximate surface area is 170 Å². The van der Waals surface area contributed by atoms with Gasteiger partial charge >= 0.3 is 0 Å². The van der Waals surface area contributed by atoms with Crippen molar-refractivity contribution in [1.29, 1.82) is 0 Å². The minimum absolute atomic E-state index is 0.275. The van der Waals surface area contributed by atoms with Crippen LogP contribution in [-0.4, -0.2) is 45.0 Å². The number of amides is 1. The third kappa shape index (κ3) is 5.32. The molecule has 0 spiro atoms. The Morgan fingerprint density at radius 1 is 1.18 bits per heavy atom. The molecule has 2 aromatic rings. The molecular weight excluding hydrogens is 378 g/mol. The van der Waals surface area contributed by atoms with Gasteiger partial charge in [0.05, 0.1) is 26.0 Å². The molecule has 0 bridgehead atoms. The number of rotatable bonds is 6. The fourth-order valence-electron chi connectivity index (χ4n) is 3.11. The number of halogens is 1. The first-order valence-electron chi connectivity index (χ1n) is 9.25. The highest BCUT2D eigenvalue weighted by Gasteiger charge is 2.17. The Balaban J connectivity index is 1.72. The second-order valence-electron chi connectivity index (χ2n) is 6.71. The first kappa shape index (κ1) is 20.3. The number of benzene rings is 2. The van der Waals surface area contributed by atoms with Gasteiger partial charge in [0.25, 0.3) is 5.91 Å². The summed E-state index contributed by atoms with van der Waals surface area (Å²) >= 11 is 5.86. The number of ether oxygens (including phenoxy) is 2.